The summed E-state index contributed by atoms with van der Waals surface area (Å²) >= 11 is 0. The second kappa shape index (κ2) is 11.9. The molecule has 2 aromatic heterocycles. The third kappa shape index (κ3) is 5.73. The highest BCUT2D eigenvalue weighted by molar-refractivity contribution is 5.93. The summed E-state index contributed by atoms with van der Waals surface area (Å²) in [7, 11) is 0. The molecule has 0 spiro atoms. The monoisotopic (exact) mass is 591 g/mol. The van der Waals surface area contributed by atoms with E-state index in [1.165, 1.54) is 6.20 Å². The van der Waals surface area contributed by atoms with Crippen molar-refractivity contribution in [2.75, 3.05) is 0 Å². The first-order chi connectivity index (χ1) is 22.2. The van der Waals surface area contributed by atoms with E-state index in [2.05, 4.69) is 17.1 Å². The maximum atomic E-state index is 14.9. The average molecular weight is 592 g/mol. The van der Waals surface area contributed by atoms with Gasteiger partial charge in [-0.2, -0.15) is 0 Å². The van der Waals surface area contributed by atoms with Gasteiger partial charge in [0, 0.05) is 18.1 Å². The highest BCUT2D eigenvalue weighted by Crippen LogP contribution is 2.38. The van der Waals surface area contributed by atoms with E-state index in [0.29, 0.717) is 40.2 Å². The summed E-state index contributed by atoms with van der Waals surface area (Å²) in [5, 5.41) is 11.0. The molecule has 0 atom stereocenters. The summed E-state index contributed by atoms with van der Waals surface area (Å²) < 4.78 is 30.0. The number of oxazole rings is 1. The van der Waals surface area contributed by atoms with Crippen LogP contribution < -0.4 is 0 Å². The molecule has 220 valence electrons. The lowest BCUT2D eigenvalue weighted by molar-refractivity contribution is 0.473. The van der Waals surface area contributed by atoms with Gasteiger partial charge in [-0.3, -0.25) is 4.98 Å². The number of phenols is 1. The van der Waals surface area contributed by atoms with Crippen molar-refractivity contribution in [3.05, 3.63) is 150 Å². The molecule has 0 amide bonds. The van der Waals surface area contributed by atoms with Crippen molar-refractivity contribution in [2.24, 2.45) is 0 Å². The molecule has 0 fully saturated rings. The third-order valence-electron chi connectivity index (χ3n) is 8.02. The number of benzene rings is 5. The highest BCUT2D eigenvalue weighted by Gasteiger charge is 2.18. The largest absolute Gasteiger partial charge is 0.507 e. The zero-order valence-electron chi connectivity index (χ0n) is 26.0. The van der Waals surface area contributed by atoms with Crippen LogP contribution in [0.1, 0.15) is 37.8 Å². The van der Waals surface area contributed by atoms with Crippen molar-refractivity contribution in [3.63, 3.8) is 0 Å². The van der Waals surface area contributed by atoms with Gasteiger partial charge in [0.25, 0.3) is 0 Å². The fraction of sp³-hybridized carbons (Fsp3) is 0.100. The zero-order valence-corrected chi connectivity index (χ0v) is 25.0. The van der Waals surface area contributed by atoms with Crippen LogP contribution in [0.15, 0.2) is 132 Å². The van der Waals surface area contributed by atoms with Crippen LogP contribution in [0.4, 0.5) is 4.39 Å². The second-order valence-corrected chi connectivity index (χ2v) is 11.4. The Bertz CT molecular complexity index is 2190. The van der Waals surface area contributed by atoms with Gasteiger partial charge in [-0.1, -0.05) is 98.8 Å². The molecule has 4 nitrogen and oxygen atoms in total. The SMILES string of the molecule is [2H]C(C)(C)c1cc(-c2cc(-c3ccccc3)c(F)cn2)cc(-c2cccc3oc(-c4ccc(Cc5ccccc5)cc4O)nc23)c1. The first-order valence-electron chi connectivity index (χ1n) is 15.4. The van der Waals surface area contributed by atoms with Gasteiger partial charge in [-0.15, -0.1) is 0 Å². The summed E-state index contributed by atoms with van der Waals surface area (Å²) in [6.07, 6.45) is 1.95. The Kier molecular flexibility index (Phi) is 7.12. The Morgan fingerprint density at radius 1 is 0.733 bits per heavy atom. The predicted molar refractivity (Wildman–Crippen MR) is 179 cm³/mol. The number of phenolic OH excluding ortho intramolecular Hbond substituents is 1. The van der Waals surface area contributed by atoms with E-state index in [0.717, 1.165) is 38.9 Å². The minimum Gasteiger partial charge on any atom is -0.507 e. The van der Waals surface area contributed by atoms with Crippen molar-refractivity contribution in [3.8, 4) is 50.7 Å². The number of aromatic nitrogens is 2. The lowest BCUT2D eigenvalue weighted by Crippen LogP contribution is -1.95. The molecule has 45 heavy (non-hydrogen) atoms. The molecular formula is C40H31FN2O2. The minimum absolute atomic E-state index is 0.0957. The minimum atomic E-state index is -0.913. The maximum absolute atomic E-state index is 14.9. The van der Waals surface area contributed by atoms with Gasteiger partial charge in [0.2, 0.25) is 5.89 Å². The number of rotatable bonds is 7. The molecule has 5 aromatic carbocycles. The Morgan fingerprint density at radius 2 is 1.49 bits per heavy atom. The number of aromatic hydroxyl groups is 1. The van der Waals surface area contributed by atoms with Crippen LogP contribution in [0.5, 0.6) is 5.75 Å². The summed E-state index contributed by atoms with van der Waals surface area (Å²) in [6.45, 7) is 3.67. The first-order valence-corrected chi connectivity index (χ1v) is 14.9. The summed E-state index contributed by atoms with van der Waals surface area (Å²) in [4.78, 5) is 9.30. The zero-order chi connectivity index (χ0) is 31.8. The normalized spacial score (nSPS) is 11.9. The van der Waals surface area contributed by atoms with E-state index < -0.39 is 11.7 Å². The highest BCUT2D eigenvalue weighted by atomic mass is 19.1. The molecule has 0 radical (unpaired) electrons. The molecule has 0 unspecified atom stereocenters. The Hall–Kier alpha value is -5.55. The molecule has 7 aromatic rings. The van der Waals surface area contributed by atoms with Gasteiger partial charge in [-0.25, -0.2) is 9.37 Å². The second-order valence-electron chi connectivity index (χ2n) is 11.4. The van der Waals surface area contributed by atoms with Crippen LogP contribution in [0, 0.1) is 5.82 Å². The number of hydrogen-bond donors (Lipinski definition) is 1. The topological polar surface area (TPSA) is 59.2 Å². The third-order valence-corrected chi connectivity index (χ3v) is 8.02. The van der Waals surface area contributed by atoms with Gasteiger partial charge in [0.1, 0.15) is 17.1 Å². The van der Waals surface area contributed by atoms with E-state index in [1.807, 2.05) is 111 Å². The van der Waals surface area contributed by atoms with Crippen molar-refractivity contribution in [1.82, 2.24) is 9.97 Å². The number of nitrogens with zero attached hydrogens (tertiary/aromatic N) is 2. The number of halogens is 1. The molecule has 2 heterocycles. The summed E-state index contributed by atoms with van der Waals surface area (Å²) in [6, 6.07) is 38.4. The van der Waals surface area contributed by atoms with Crippen LogP contribution in [0.2, 0.25) is 0 Å². The van der Waals surface area contributed by atoms with E-state index in [9.17, 15) is 9.50 Å². The summed E-state index contributed by atoms with van der Waals surface area (Å²) in [5.74, 6) is -0.902. The van der Waals surface area contributed by atoms with E-state index in [1.54, 1.807) is 12.1 Å². The van der Waals surface area contributed by atoms with Crippen molar-refractivity contribution in [1.29, 1.82) is 0 Å². The fourth-order valence-electron chi connectivity index (χ4n) is 5.65. The Morgan fingerprint density at radius 3 is 2.24 bits per heavy atom. The molecular weight excluding hydrogens is 559 g/mol. The smallest absolute Gasteiger partial charge is 0.231 e. The van der Waals surface area contributed by atoms with Gasteiger partial charge >= 0.3 is 0 Å². The van der Waals surface area contributed by atoms with Crippen LogP contribution in [0.25, 0.3) is 56.1 Å². The maximum Gasteiger partial charge on any atom is 0.231 e. The van der Waals surface area contributed by atoms with Crippen LogP contribution in [0.3, 0.4) is 0 Å². The number of pyridine rings is 1. The molecule has 7 rings (SSSR count). The molecule has 5 heteroatoms. The van der Waals surface area contributed by atoms with Crippen LogP contribution in [-0.4, -0.2) is 15.1 Å². The molecule has 1 N–H and O–H groups in total. The van der Waals surface area contributed by atoms with Crippen molar-refractivity contribution in [2.45, 2.75) is 26.2 Å². The molecule has 0 aliphatic heterocycles. The number of hydrogen-bond acceptors (Lipinski definition) is 4. The van der Waals surface area contributed by atoms with E-state index >= 15 is 0 Å². The molecule has 0 bridgehead atoms. The number of fused-ring (bicyclic) bond motifs is 1. The van der Waals surface area contributed by atoms with Gasteiger partial charge < -0.3 is 9.52 Å². The average Bonchev–Trinajstić information content (AvgIpc) is 3.50. The number of para-hydroxylation sites is 1. The lowest BCUT2D eigenvalue weighted by atomic mass is 9.92. The van der Waals surface area contributed by atoms with Gasteiger partial charge in [0.15, 0.2) is 5.58 Å². The Labute approximate surface area is 262 Å². The molecule has 0 saturated heterocycles. The van der Waals surface area contributed by atoms with Crippen LogP contribution in [-0.2, 0) is 6.42 Å². The standard InChI is InChI=1S/C40H31FN2O2/c1-25(2)29-20-30(22-31(21-29)36-23-34(35(41)24-42-36)28-12-7-4-8-13-28)32-14-9-15-38-39(32)43-40(45-38)33-17-16-27(19-37(33)44)18-26-10-5-3-6-11-26/h3-17,19-25,44H,18H2,1-2H3/i25D. The molecule has 0 saturated carbocycles. The Balaban J connectivity index is 1.31. The molecule has 0 aliphatic rings. The quantitative estimate of drug-likeness (QED) is 0.200. The van der Waals surface area contributed by atoms with Crippen molar-refractivity contribution < 1.29 is 15.3 Å². The lowest BCUT2D eigenvalue weighted by Gasteiger charge is -2.14. The fourth-order valence-corrected chi connectivity index (χ4v) is 5.65. The van der Waals surface area contributed by atoms with Gasteiger partial charge in [0.05, 0.1) is 17.5 Å². The molecule has 0 aliphatic carbocycles. The van der Waals surface area contributed by atoms with E-state index in [-0.39, 0.29) is 5.75 Å². The summed E-state index contributed by atoms with van der Waals surface area (Å²) in [5.41, 5.74) is 8.85. The predicted octanol–water partition coefficient (Wildman–Crippen LogP) is 10.4. The van der Waals surface area contributed by atoms with Crippen molar-refractivity contribution >= 4 is 11.1 Å². The van der Waals surface area contributed by atoms with Gasteiger partial charge in [-0.05, 0) is 76.5 Å². The van der Waals surface area contributed by atoms with E-state index in [4.69, 9.17) is 10.8 Å². The van der Waals surface area contributed by atoms with Crippen LogP contribution >= 0.6 is 0 Å². The first kappa shape index (κ1) is 27.0.